The lowest BCUT2D eigenvalue weighted by Gasteiger charge is -2.22. The average Bonchev–Trinajstić information content (AvgIpc) is 3.20. The van der Waals surface area contributed by atoms with Crippen LogP contribution in [0.4, 0.5) is 5.69 Å². The Morgan fingerprint density at radius 3 is 2.68 bits per heavy atom. The van der Waals surface area contributed by atoms with Crippen molar-refractivity contribution in [3.05, 3.63) is 60.3 Å². The molecule has 0 saturated heterocycles. The maximum atomic E-state index is 12.9. The zero-order valence-electron chi connectivity index (χ0n) is 12.4. The summed E-state index contributed by atoms with van der Waals surface area (Å²) in [7, 11) is 0. The van der Waals surface area contributed by atoms with Crippen LogP contribution in [0.3, 0.4) is 0 Å². The maximum Gasteiger partial charge on any atom is 0.281 e. The lowest BCUT2D eigenvalue weighted by molar-refractivity contribution is 0.0984. The van der Waals surface area contributed by atoms with Gasteiger partial charge in [-0.2, -0.15) is 0 Å². The van der Waals surface area contributed by atoms with E-state index in [4.69, 9.17) is 8.83 Å². The summed E-state index contributed by atoms with van der Waals surface area (Å²) in [6.45, 7) is 4.44. The van der Waals surface area contributed by atoms with Crippen molar-refractivity contribution < 1.29 is 13.6 Å². The first-order valence-corrected chi connectivity index (χ1v) is 7.07. The number of furan rings is 1. The molecular formula is C17H16N2O3. The van der Waals surface area contributed by atoms with Gasteiger partial charge in [-0.05, 0) is 37.6 Å². The molecule has 5 nitrogen and oxygen atoms in total. The van der Waals surface area contributed by atoms with Gasteiger partial charge >= 0.3 is 0 Å². The predicted octanol–water partition coefficient (Wildman–Crippen LogP) is 3.91. The fourth-order valence-electron chi connectivity index (χ4n) is 2.40. The number of oxazole rings is 1. The number of nitrogens with zero attached hydrogens (tertiary/aromatic N) is 2. The highest BCUT2D eigenvalue weighted by Gasteiger charge is 2.25. The molecule has 0 spiro atoms. The normalized spacial score (nSPS) is 10.6. The maximum absolute atomic E-state index is 12.9. The van der Waals surface area contributed by atoms with E-state index in [2.05, 4.69) is 4.98 Å². The van der Waals surface area contributed by atoms with Crippen molar-refractivity contribution >= 4 is 11.6 Å². The Hall–Kier alpha value is -2.82. The molecule has 0 fully saturated rings. The van der Waals surface area contributed by atoms with Crippen LogP contribution in [0.2, 0.25) is 0 Å². The summed E-state index contributed by atoms with van der Waals surface area (Å²) in [5.41, 5.74) is 2.14. The number of hydrogen-bond acceptors (Lipinski definition) is 4. The summed E-state index contributed by atoms with van der Waals surface area (Å²) < 4.78 is 10.6. The zero-order valence-corrected chi connectivity index (χ0v) is 12.4. The molecule has 22 heavy (non-hydrogen) atoms. The van der Waals surface area contributed by atoms with E-state index in [1.807, 2.05) is 38.1 Å². The SMILES string of the molecule is CCN(C(=O)c1ncoc1-c1ccco1)c1ccccc1C. The lowest BCUT2D eigenvalue weighted by Crippen LogP contribution is -2.31. The molecule has 0 unspecified atom stereocenters. The van der Waals surface area contributed by atoms with E-state index in [1.165, 1.54) is 12.7 Å². The number of para-hydroxylation sites is 1. The third-order valence-corrected chi connectivity index (χ3v) is 3.48. The third-order valence-electron chi connectivity index (χ3n) is 3.48. The monoisotopic (exact) mass is 296 g/mol. The van der Waals surface area contributed by atoms with Crippen LogP contribution in [0.1, 0.15) is 23.0 Å². The molecule has 0 atom stereocenters. The molecule has 5 heteroatoms. The number of carbonyl (C=O) groups is 1. The molecule has 1 aromatic carbocycles. The molecule has 0 aliphatic rings. The molecule has 112 valence electrons. The van der Waals surface area contributed by atoms with Crippen molar-refractivity contribution in [1.82, 2.24) is 4.98 Å². The minimum Gasteiger partial charge on any atom is -0.461 e. The first-order chi connectivity index (χ1) is 10.7. The molecule has 3 rings (SSSR count). The summed E-state index contributed by atoms with van der Waals surface area (Å²) >= 11 is 0. The quantitative estimate of drug-likeness (QED) is 0.732. The fourth-order valence-corrected chi connectivity index (χ4v) is 2.40. The van der Waals surface area contributed by atoms with Crippen molar-refractivity contribution in [1.29, 1.82) is 0 Å². The highest BCUT2D eigenvalue weighted by molar-refractivity contribution is 6.08. The van der Waals surface area contributed by atoms with Crippen molar-refractivity contribution in [3.63, 3.8) is 0 Å². The molecule has 0 aliphatic heterocycles. The summed E-state index contributed by atoms with van der Waals surface area (Å²) in [6, 6.07) is 11.2. The van der Waals surface area contributed by atoms with Gasteiger partial charge in [-0.3, -0.25) is 4.79 Å². The van der Waals surface area contributed by atoms with Crippen LogP contribution in [0.25, 0.3) is 11.5 Å². The highest BCUT2D eigenvalue weighted by atomic mass is 16.4. The number of rotatable bonds is 4. The van der Waals surface area contributed by atoms with Crippen LogP contribution in [-0.4, -0.2) is 17.4 Å². The Labute approximate surface area is 128 Å². The fraction of sp³-hybridized carbons (Fsp3) is 0.176. The molecular weight excluding hydrogens is 280 g/mol. The number of aromatic nitrogens is 1. The van der Waals surface area contributed by atoms with Gasteiger partial charge in [-0.15, -0.1) is 0 Å². The summed E-state index contributed by atoms with van der Waals surface area (Å²) in [6.07, 6.45) is 2.79. The van der Waals surface area contributed by atoms with E-state index < -0.39 is 0 Å². The predicted molar refractivity (Wildman–Crippen MR) is 82.7 cm³/mol. The number of carbonyl (C=O) groups excluding carboxylic acids is 1. The second-order valence-corrected chi connectivity index (χ2v) is 4.84. The Morgan fingerprint density at radius 2 is 2.00 bits per heavy atom. The largest absolute Gasteiger partial charge is 0.461 e. The smallest absolute Gasteiger partial charge is 0.281 e. The second kappa shape index (κ2) is 5.89. The Bertz CT molecular complexity index is 775. The standard InChI is InChI=1S/C17H16N2O3/c1-3-19(13-8-5-4-7-12(13)2)17(20)15-16(22-11-18-15)14-9-6-10-21-14/h4-11H,3H2,1-2H3. The van der Waals surface area contributed by atoms with Crippen molar-refractivity contribution in [3.8, 4) is 11.5 Å². The summed E-state index contributed by atoms with van der Waals surface area (Å²) in [5.74, 6) is 0.626. The highest BCUT2D eigenvalue weighted by Crippen LogP contribution is 2.27. The van der Waals surface area contributed by atoms with Crippen LogP contribution in [0, 0.1) is 6.92 Å². The minimum absolute atomic E-state index is 0.211. The van der Waals surface area contributed by atoms with E-state index in [1.54, 1.807) is 17.0 Å². The van der Waals surface area contributed by atoms with E-state index in [-0.39, 0.29) is 11.6 Å². The van der Waals surface area contributed by atoms with Crippen molar-refractivity contribution in [2.24, 2.45) is 0 Å². The Balaban J connectivity index is 2.00. The number of amides is 1. The average molecular weight is 296 g/mol. The second-order valence-electron chi connectivity index (χ2n) is 4.84. The molecule has 0 N–H and O–H groups in total. The molecule has 0 aliphatic carbocycles. The summed E-state index contributed by atoms with van der Waals surface area (Å²) in [5, 5.41) is 0. The Kier molecular flexibility index (Phi) is 3.78. The van der Waals surface area contributed by atoms with Gasteiger partial charge in [0.15, 0.2) is 17.8 Å². The van der Waals surface area contributed by atoms with Crippen LogP contribution in [-0.2, 0) is 0 Å². The summed E-state index contributed by atoms with van der Waals surface area (Å²) in [4.78, 5) is 18.6. The van der Waals surface area contributed by atoms with E-state index in [0.717, 1.165) is 11.3 Å². The van der Waals surface area contributed by atoms with Crippen LogP contribution < -0.4 is 4.90 Å². The van der Waals surface area contributed by atoms with Gasteiger partial charge in [0.05, 0.1) is 6.26 Å². The number of benzene rings is 1. The van der Waals surface area contributed by atoms with E-state index in [0.29, 0.717) is 18.1 Å². The van der Waals surface area contributed by atoms with Gasteiger partial charge in [0.1, 0.15) is 0 Å². The van der Waals surface area contributed by atoms with Gasteiger partial charge < -0.3 is 13.7 Å². The molecule has 0 radical (unpaired) electrons. The third kappa shape index (κ3) is 2.41. The van der Waals surface area contributed by atoms with Crippen molar-refractivity contribution in [2.45, 2.75) is 13.8 Å². The molecule has 0 saturated carbocycles. The Morgan fingerprint density at radius 1 is 1.18 bits per heavy atom. The number of aryl methyl sites for hydroxylation is 1. The van der Waals surface area contributed by atoms with Gasteiger partial charge in [-0.25, -0.2) is 4.98 Å². The first kappa shape index (κ1) is 14.1. The topological polar surface area (TPSA) is 59.5 Å². The van der Waals surface area contributed by atoms with E-state index in [9.17, 15) is 4.79 Å². The van der Waals surface area contributed by atoms with E-state index >= 15 is 0 Å². The molecule has 0 bridgehead atoms. The molecule has 3 aromatic rings. The lowest BCUT2D eigenvalue weighted by atomic mass is 10.1. The number of anilines is 1. The molecule has 2 heterocycles. The van der Waals surface area contributed by atoms with Gasteiger partial charge in [0.2, 0.25) is 5.76 Å². The number of hydrogen-bond donors (Lipinski definition) is 0. The van der Waals surface area contributed by atoms with Gasteiger partial charge in [0, 0.05) is 12.2 Å². The minimum atomic E-state index is -0.211. The zero-order chi connectivity index (χ0) is 15.5. The van der Waals surface area contributed by atoms with Gasteiger partial charge in [0.25, 0.3) is 5.91 Å². The first-order valence-electron chi connectivity index (χ1n) is 7.07. The van der Waals surface area contributed by atoms with Gasteiger partial charge in [-0.1, -0.05) is 18.2 Å². The molecule has 2 aromatic heterocycles. The van der Waals surface area contributed by atoms with Crippen LogP contribution >= 0.6 is 0 Å². The van der Waals surface area contributed by atoms with Crippen LogP contribution in [0.5, 0.6) is 0 Å². The molecule has 1 amide bonds. The van der Waals surface area contributed by atoms with Crippen LogP contribution in [0.15, 0.2) is 57.9 Å². The van der Waals surface area contributed by atoms with Crippen molar-refractivity contribution in [2.75, 3.05) is 11.4 Å².